The molecule has 0 aliphatic heterocycles. The zero-order chi connectivity index (χ0) is 14.8. The number of benzene rings is 1. The van der Waals surface area contributed by atoms with E-state index in [1.165, 1.54) is 4.68 Å². The highest BCUT2D eigenvalue weighted by atomic mass is 16.4. The number of hydrogen-bond donors (Lipinski definition) is 1. The van der Waals surface area contributed by atoms with E-state index < -0.39 is 11.9 Å². The molecule has 5 heteroatoms. The lowest BCUT2D eigenvalue weighted by Crippen LogP contribution is -2.30. The van der Waals surface area contributed by atoms with Gasteiger partial charge in [-0.15, -0.1) is 0 Å². The second-order valence-corrected chi connectivity index (χ2v) is 5.38. The summed E-state index contributed by atoms with van der Waals surface area (Å²) in [5.74, 6) is -1.20. The van der Waals surface area contributed by atoms with Crippen molar-refractivity contribution in [2.75, 3.05) is 0 Å². The first kappa shape index (κ1) is 13.5. The van der Waals surface area contributed by atoms with Crippen molar-refractivity contribution in [2.24, 2.45) is 5.92 Å². The smallest absolute Gasteiger partial charge is 0.306 e. The summed E-state index contributed by atoms with van der Waals surface area (Å²) in [6.45, 7) is 0.440. The van der Waals surface area contributed by atoms with E-state index in [0.29, 0.717) is 25.8 Å². The predicted octanol–water partition coefficient (Wildman–Crippen LogP) is 1.48. The van der Waals surface area contributed by atoms with E-state index in [1.54, 1.807) is 6.07 Å². The topological polar surface area (TPSA) is 72.2 Å². The average molecular weight is 284 g/mol. The Morgan fingerprint density at radius 2 is 2.10 bits per heavy atom. The molecule has 1 N–H and O–H groups in total. The molecule has 1 atom stereocenters. The lowest BCUT2D eigenvalue weighted by atomic mass is 9.87. The molecule has 21 heavy (non-hydrogen) atoms. The fourth-order valence-electron chi connectivity index (χ4n) is 2.71. The van der Waals surface area contributed by atoms with Crippen LogP contribution in [-0.4, -0.2) is 20.9 Å². The maximum absolute atomic E-state index is 12.1. The van der Waals surface area contributed by atoms with Crippen molar-refractivity contribution in [3.05, 3.63) is 63.6 Å². The molecular formula is C16H16N2O3. The molecule has 0 radical (unpaired) electrons. The molecule has 108 valence electrons. The van der Waals surface area contributed by atoms with E-state index in [1.807, 2.05) is 30.3 Å². The molecular weight excluding hydrogens is 268 g/mol. The summed E-state index contributed by atoms with van der Waals surface area (Å²) >= 11 is 0. The SMILES string of the molecule is O=C(O)[C@H]1CCc2nn(Cc3ccccc3)c(=O)cc2C1. The molecule has 2 aromatic rings. The third kappa shape index (κ3) is 2.86. The van der Waals surface area contributed by atoms with Gasteiger partial charge in [-0.1, -0.05) is 30.3 Å². The number of aromatic nitrogens is 2. The van der Waals surface area contributed by atoms with Gasteiger partial charge in [0.2, 0.25) is 0 Å². The van der Waals surface area contributed by atoms with Crippen molar-refractivity contribution in [3.8, 4) is 0 Å². The normalized spacial score (nSPS) is 17.2. The predicted molar refractivity (Wildman–Crippen MR) is 77.2 cm³/mol. The van der Waals surface area contributed by atoms with Crippen molar-refractivity contribution < 1.29 is 9.90 Å². The Morgan fingerprint density at radius 3 is 2.81 bits per heavy atom. The fourth-order valence-corrected chi connectivity index (χ4v) is 2.71. The molecule has 0 unspecified atom stereocenters. The lowest BCUT2D eigenvalue weighted by Gasteiger charge is -2.21. The minimum atomic E-state index is -0.797. The summed E-state index contributed by atoms with van der Waals surface area (Å²) in [6.07, 6.45) is 1.60. The van der Waals surface area contributed by atoms with Gasteiger partial charge >= 0.3 is 5.97 Å². The van der Waals surface area contributed by atoms with Crippen LogP contribution in [0.5, 0.6) is 0 Å². The summed E-state index contributed by atoms with van der Waals surface area (Å²) in [5, 5.41) is 13.5. The maximum atomic E-state index is 12.1. The lowest BCUT2D eigenvalue weighted by molar-refractivity contribution is -0.142. The van der Waals surface area contributed by atoms with Crippen LogP contribution in [0, 0.1) is 5.92 Å². The Kier molecular flexibility index (Phi) is 3.56. The second-order valence-electron chi connectivity index (χ2n) is 5.38. The molecule has 0 spiro atoms. The Balaban J connectivity index is 1.89. The molecule has 3 rings (SSSR count). The molecule has 1 aromatic carbocycles. The molecule has 1 aliphatic rings. The van der Waals surface area contributed by atoms with Crippen LogP contribution in [0.2, 0.25) is 0 Å². The number of aliphatic carboxylic acids is 1. The van der Waals surface area contributed by atoms with Gasteiger partial charge in [0.1, 0.15) is 0 Å². The van der Waals surface area contributed by atoms with Crippen LogP contribution in [0.4, 0.5) is 0 Å². The number of carbonyl (C=O) groups is 1. The van der Waals surface area contributed by atoms with Crippen molar-refractivity contribution in [3.63, 3.8) is 0 Å². The van der Waals surface area contributed by atoms with E-state index in [0.717, 1.165) is 16.8 Å². The maximum Gasteiger partial charge on any atom is 0.306 e. The van der Waals surface area contributed by atoms with Gasteiger partial charge in [0.05, 0.1) is 18.2 Å². The zero-order valence-corrected chi connectivity index (χ0v) is 11.5. The molecule has 0 saturated carbocycles. The summed E-state index contributed by atoms with van der Waals surface area (Å²) in [6, 6.07) is 11.2. The van der Waals surface area contributed by atoms with Gasteiger partial charge in [-0.05, 0) is 30.4 Å². The highest BCUT2D eigenvalue weighted by molar-refractivity contribution is 5.70. The van der Waals surface area contributed by atoms with E-state index in [9.17, 15) is 9.59 Å². The van der Waals surface area contributed by atoms with Crippen molar-refractivity contribution in [2.45, 2.75) is 25.8 Å². The van der Waals surface area contributed by atoms with Crippen LogP contribution in [0.15, 0.2) is 41.2 Å². The molecule has 0 bridgehead atoms. The van der Waals surface area contributed by atoms with Gasteiger partial charge in [0.25, 0.3) is 5.56 Å². The largest absolute Gasteiger partial charge is 0.481 e. The number of fused-ring (bicyclic) bond motifs is 1. The highest BCUT2D eigenvalue weighted by Crippen LogP contribution is 2.23. The fraction of sp³-hybridized carbons (Fsp3) is 0.312. The average Bonchev–Trinajstić information content (AvgIpc) is 2.48. The molecule has 0 fully saturated rings. The van der Waals surface area contributed by atoms with E-state index in [2.05, 4.69) is 5.10 Å². The third-order valence-electron chi connectivity index (χ3n) is 3.88. The minimum Gasteiger partial charge on any atom is -0.481 e. The Morgan fingerprint density at radius 1 is 1.33 bits per heavy atom. The molecule has 0 saturated heterocycles. The number of carboxylic acids is 1. The van der Waals surface area contributed by atoms with Gasteiger partial charge in [-0.2, -0.15) is 5.10 Å². The number of nitrogens with zero attached hydrogens (tertiary/aromatic N) is 2. The third-order valence-corrected chi connectivity index (χ3v) is 3.88. The minimum absolute atomic E-state index is 0.177. The summed E-state index contributed by atoms with van der Waals surface area (Å²) in [4.78, 5) is 23.2. The van der Waals surface area contributed by atoms with Gasteiger partial charge in [0, 0.05) is 6.07 Å². The summed E-state index contributed by atoms with van der Waals surface area (Å²) in [5.41, 5.74) is 2.47. The molecule has 1 aromatic heterocycles. The van der Waals surface area contributed by atoms with Crippen LogP contribution in [0.1, 0.15) is 23.2 Å². The van der Waals surface area contributed by atoms with Crippen molar-refractivity contribution in [1.82, 2.24) is 9.78 Å². The Hall–Kier alpha value is -2.43. The van der Waals surface area contributed by atoms with Crippen LogP contribution < -0.4 is 5.56 Å². The quantitative estimate of drug-likeness (QED) is 0.926. The van der Waals surface area contributed by atoms with Gasteiger partial charge in [-0.25, -0.2) is 4.68 Å². The second kappa shape index (κ2) is 5.52. The first-order chi connectivity index (χ1) is 10.1. The van der Waals surface area contributed by atoms with E-state index in [-0.39, 0.29) is 5.56 Å². The van der Waals surface area contributed by atoms with Gasteiger partial charge < -0.3 is 5.11 Å². The van der Waals surface area contributed by atoms with Gasteiger partial charge in [-0.3, -0.25) is 9.59 Å². The van der Waals surface area contributed by atoms with Crippen LogP contribution in [0.25, 0.3) is 0 Å². The number of aryl methyl sites for hydroxylation is 1. The van der Waals surface area contributed by atoms with Crippen LogP contribution in [0.3, 0.4) is 0 Å². The molecule has 5 nitrogen and oxygen atoms in total. The van der Waals surface area contributed by atoms with E-state index >= 15 is 0 Å². The summed E-state index contributed by atoms with van der Waals surface area (Å²) < 4.78 is 1.45. The van der Waals surface area contributed by atoms with Crippen molar-refractivity contribution in [1.29, 1.82) is 0 Å². The first-order valence-corrected chi connectivity index (χ1v) is 7.00. The van der Waals surface area contributed by atoms with Crippen LogP contribution in [-0.2, 0) is 24.2 Å². The first-order valence-electron chi connectivity index (χ1n) is 7.00. The summed E-state index contributed by atoms with van der Waals surface area (Å²) in [7, 11) is 0. The zero-order valence-electron chi connectivity index (χ0n) is 11.5. The van der Waals surface area contributed by atoms with E-state index in [4.69, 9.17) is 5.11 Å². The van der Waals surface area contributed by atoms with Gasteiger partial charge in [0.15, 0.2) is 0 Å². The molecule has 1 aliphatic carbocycles. The molecule has 1 heterocycles. The Bertz CT molecular complexity index is 722. The van der Waals surface area contributed by atoms with Crippen molar-refractivity contribution >= 4 is 5.97 Å². The van der Waals surface area contributed by atoms with Crippen LogP contribution >= 0.6 is 0 Å². The number of rotatable bonds is 3. The molecule has 0 amide bonds. The standard InChI is InChI=1S/C16H16N2O3/c19-15-9-13-8-12(16(20)21)6-7-14(13)17-18(15)10-11-4-2-1-3-5-11/h1-5,9,12H,6-8,10H2,(H,20,21)/t12-/m0/s1. The number of hydrogen-bond acceptors (Lipinski definition) is 3. The monoisotopic (exact) mass is 284 g/mol. The Labute approximate surface area is 121 Å². The highest BCUT2D eigenvalue weighted by Gasteiger charge is 2.25. The number of carboxylic acid groups (broad SMARTS) is 1.